The molecular formula is C14H16N4. The first-order chi connectivity index (χ1) is 8.88. The van der Waals surface area contributed by atoms with Crippen molar-refractivity contribution in [2.45, 2.75) is 12.8 Å². The molecule has 0 fully saturated rings. The molecule has 0 bridgehead atoms. The molecule has 0 unspecified atom stereocenters. The van der Waals surface area contributed by atoms with Crippen LogP contribution in [-0.2, 0) is 6.42 Å². The fraction of sp³-hybridized carbons (Fsp3) is 0.286. The lowest BCUT2D eigenvalue weighted by Crippen LogP contribution is -2.25. The van der Waals surface area contributed by atoms with Crippen LogP contribution in [0.3, 0.4) is 0 Å². The highest BCUT2D eigenvalue weighted by atomic mass is 15.2. The Labute approximate surface area is 107 Å². The van der Waals surface area contributed by atoms with Gasteiger partial charge in [-0.2, -0.15) is 0 Å². The fourth-order valence-corrected chi connectivity index (χ4v) is 2.40. The molecule has 4 nitrogen and oxygen atoms in total. The Morgan fingerprint density at radius 3 is 3.00 bits per heavy atom. The van der Waals surface area contributed by atoms with Crippen molar-refractivity contribution in [3.63, 3.8) is 0 Å². The van der Waals surface area contributed by atoms with Gasteiger partial charge in [0.15, 0.2) is 0 Å². The van der Waals surface area contributed by atoms with Crippen molar-refractivity contribution in [1.29, 1.82) is 0 Å². The van der Waals surface area contributed by atoms with E-state index >= 15 is 0 Å². The lowest BCUT2D eigenvalue weighted by atomic mass is 10.0. The van der Waals surface area contributed by atoms with E-state index in [4.69, 9.17) is 0 Å². The lowest BCUT2D eigenvalue weighted by molar-refractivity contribution is 0.758. The van der Waals surface area contributed by atoms with Gasteiger partial charge in [0.1, 0.15) is 18.0 Å². The number of hydrogen-bond donors (Lipinski definition) is 1. The van der Waals surface area contributed by atoms with E-state index in [1.54, 1.807) is 6.33 Å². The van der Waals surface area contributed by atoms with Gasteiger partial charge in [-0.25, -0.2) is 9.97 Å². The van der Waals surface area contributed by atoms with Crippen LogP contribution in [-0.4, -0.2) is 23.6 Å². The Kier molecular flexibility index (Phi) is 2.84. The van der Waals surface area contributed by atoms with Crippen molar-refractivity contribution in [2.24, 2.45) is 0 Å². The molecule has 0 amide bonds. The maximum absolute atomic E-state index is 4.38. The van der Waals surface area contributed by atoms with Gasteiger partial charge in [0.25, 0.3) is 0 Å². The summed E-state index contributed by atoms with van der Waals surface area (Å²) in [6, 6.07) is 10.5. The van der Waals surface area contributed by atoms with Crippen LogP contribution in [0.1, 0.15) is 12.0 Å². The minimum absolute atomic E-state index is 0.850. The number of nitrogens with one attached hydrogen (secondary N) is 1. The van der Waals surface area contributed by atoms with Crippen molar-refractivity contribution < 1.29 is 0 Å². The number of nitrogens with zero attached hydrogens (tertiary/aromatic N) is 3. The molecule has 1 aliphatic heterocycles. The Balaban J connectivity index is 2.02. The monoisotopic (exact) mass is 240 g/mol. The maximum atomic E-state index is 4.38. The molecule has 1 aromatic heterocycles. The van der Waals surface area contributed by atoms with E-state index < -0.39 is 0 Å². The molecule has 0 atom stereocenters. The number of benzene rings is 1. The first kappa shape index (κ1) is 11.0. The summed E-state index contributed by atoms with van der Waals surface area (Å²) in [5.74, 6) is 1.81. The number of aryl methyl sites for hydroxylation is 1. The van der Waals surface area contributed by atoms with Gasteiger partial charge in [0.05, 0.1) is 0 Å². The molecule has 92 valence electrons. The average Bonchev–Trinajstić information content (AvgIpc) is 2.47. The second-order valence-corrected chi connectivity index (χ2v) is 4.40. The molecule has 1 N–H and O–H groups in total. The van der Waals surface area contributed by atoms with Crippen molar-refractivity contribution in [2.75, 3.05) is 23.8 Å². The SMILES string of the molecule is CNc1cc(N2CCCc3ccccc32)ncn1. The van der Waals surface area contributed by atoms with Gasteiger partial charge in [-0.15, -0.1) is 0 Å². The van der Waals surface area contributed by atoms with Crippen molar-refractivity contribution in [3.05, 3.63) is 42.2 Å². The van der Waals surface area contributed by atoms with E-state index in [2.05, 4.69) is 44.5 Å². The van der Waals surface area contributed by atoms with Crippen LogP contribution >= 0.6 is 0 Å². The van der Waals surface area contributed by atoms with Crippen molar-refractivity contribution in [1.82, 2.24) is 9.97 Å². The first-order valence-corrected chi connectivity index (χ1v) is 6.24. The van der Waals surface area contributed by atoms with Gasteiger partial charge in [0, 0.05) is 25.3 Å². The zero-order chi connectivity index (χ0) is 12.4. The molecule has 3 rings (SSSR count). The number of para-hydroxylation sites is 1. The van der Waals surface area contributed by atoms with Gasteiger partial charge in [-0.3, -0.25) is 0 Å². The molecule has 0 saturated carbocycles. The molecule has 1 aromatic carbocycles. The Morgan fingerprint density at radius 1 is 1.22 bits per heavy atom. The van der Waals surface area contributed by atoms with Crippen LogP contribution in [0.4, 0.5) is 17.3 Å². The zero-order valence-electron chi connectivity index (χ0n) is 10.4. The fourth-order valence-electron chi connectivity index (χ4n) is 2.40. The van der Waals surface area contributed by atoms with Crippen LogP contribution < -0.4 is 10.2 Å². The van der Waals surface area contributed by atoms with E-state index in [0.29, 0.717) is 0 Å². The summed E-state index contributed by atoms with van der Waals surface area (Å²) < 4.78 is 0. The Hall–Kier alpha value is -2.10. The molecule has 0 saturated heterocycles. The molecule has 4 heteroatoms. The Morgan fingerprint density at radius 2 is 2.11 bits per heavy atom. The second kappa shape index (κ2) is 4.64. The third-order valence-electron chi connectivity index (χ3n) is 3.30. The molecule has 0 radical (unpaired) electrons. The van der Waals surface area contributed by atoms with Crippen LogP contribution in [0.25, 0.3) is 0 Å². The third kappa shape index (κ3) is 1.90. The number of rotatable bonds is 2. The quantitative estimate of drug-likeness (QED) is 0.876. The van der Waals surface area contributed by atoms with Crippen LogP contribution in [0.5, 0.6) is 0 Å². The number of hydrogen-bond acceptors (Lipinski definition) is 4. The molecular weight excluding hydrogens is 224 g/mol. The summed E-state index contributed by atoms with van der Waals surface area (Å²) in [6.45, 7) is 1.01. The van der Waals surface area contributed by atoms with Gasteiger partial charge < -0.3 is 10.2 Å². The minimum Gasteiger partial charge on any atom is -0.373 e. The summed E-state index contributed by atoms with van der Waals surface area (Å²) in [7, 11) is 1.87. The smallest absolute Gasteiger partial charge is 0.138 e. The van der Waals surface area contributed by atoms with Gasteiger partial charge in [-0.05, 0) is 24.5 Å². The van der Waals surface area contributed by atoms with Crippen LogP contribution in [0.15, 0.2) is 36.7 Å². The summed E-state index contributed by atoms with van der Waals surface area (Å²) in [4.78, 5) is 10.8. The molecule has 2 aromatic rings. The van der Waals surface area contributed by atoms with E-state index in [0.717, 1.165) is 31.0 Å². The predicted octanol–water partition coefficient (Wildman–Crippen LogP) is 2.60. The molecule has 0 aliphatic carbocycles. The summed E-state index contributed by atoms with van der Waals surface area (Å²) in [5, 5.41) is 3.05. The number of aromatic nitrogens is 2. The predicted molar refractivity (Wildman–Crippen MR) is 73.3 cm³/mol. The third-order valence-corrected chi connectivity index (χ3v) is 3.30. The second-order valence-electron chi connectivity index (χ2n) is 4.40. The maximum Gasteiger partial charge on any atom is 0.138 e. The molecule has 1 aliphatic rings. The van der Waals surface area contributed by atoms with E-state index in [1.807, 2.05) is 13.1 Å². The highest BCUT2D eigenvalue weighted by Crippen LogP contribution is 2.32. The van der Waals surface area contributed by atoms with E-state index in [1.165, 1.54) is 11.3 Å². The van der Waals surface area contributed by atoms with Crippen molar-refractivity contribution >= 4 is 17.3 Å². The highest BCUT2D eigenvalue weighted by Gasteiger charge is 2.18. The average molecular weight is 240 g/mol. The standard InChI is InChI=1S/C14H16N4/c1-15-13-9-14(17-10-16-13)18-8-4-6-11-5-2-3-7-12(11)18/h2-3,5,7,9-10H,4,6,8H2,1H3,(H,15,16,17). The van der Waals surface area contributed by atoms with Crippen LogP contribution in [0, 0.1) is 0 Å². The topological polar surface area (TPSA) is 41.0 Å². The number of fused-ring (bicyclic) bond motifs is 1. The summed E-state index contributed by atoms with van der Waals surface area (Å²) >= 11 is 0. The van der Waals surface area contributed by atoms with Gasteiger partial charge >= 0.3 is 0 Å². The van der Waals surface area contributed by atoms with E-state index in [9.17, 15) is 0 Å². The van der Waals surface area contributed by atoms with Crippen LogP contribution in [0.2, 0.25) is 0 Å². The Bertz CT molecular complexity index is 553. The summed E-state index contributed by atoms with van der Waals surface area (Å²) in [6.07, 6.45) is 3.92. The van der Waals surface area contributed by atoms with Gasteiger partial charge in [0.2, 0.25) is 0 Å². The minimum atomic E-state index is 0.850. The largest absolute Gasteiger partial charge is 0.373 e. The number of anilines is 3. The molecule has 2 heterocycles. The van der Waals surface area contributed by atoms with Crippen molar-refractivity contribution in [3.8, 4) is 0 Å². The molecule has 0 spiro atoms. The lowest BCUT2D eigenvalue weighted by Gasteiger charge is -2.30. The molecule has 18 heavy (non-hydrogen) atoms. The van der Waals surface area contributed by atoms with E-state index in [-0.39, 0.29) is 0 Å². The van der Waals surface area contributed by atoms with Gasteiger partial charge in [-0.1, -0.05) is 18.2 Å². The highest BCUT2D eigenvalue weighted by molar-refractivity contribution is 5.66. The summed E-state index contributed by atoms with van der Waals surface area (Å²) in [5.41, 5.74) is 2.66. The zero-order valence-corrected chi connectivity index (χ0v) is 10.4. The normalized spacial score (nSPS) is 14.2. The first-order valence-electron chi connectivity index (χ1n) is 6.24.